The summed E-state index contributed by atoms with van der Waals surface area (Å²) >= 11 is 11.7. The Hall–Kier alpha value is -1.79. The Morgan fingerprint density at radius 1 is 1.14 bits per heavy atom. The molecule has 0 amide bonds. The number of rotatable bonds is 3. The number of benzene rings is 1. The first-order chi connectivity index (χ1) is 10.3. The maximum absolute atomic E-state index is 12.4. The number of alkyl halides is 3. The maximum atomic E-state index is 12.4. The quantitative estimate of drug-likeness (QED) is 0.608. The number of nitrogens with one attached hydrogen (secondary N) is 1. The standard InChI is InChI=1S/C14H10Cl2F3N3/c1-8(9-2-4-11(15)12(16)6-9)21-22-13-5-3-10(7-20-13)14(17,18)19/h2-7H,1H3,(H,20,22)/b21-8-. The van der Waals surface area contributed by atoms with Crippen molar-refractivity contribution in [1.29, 1.82) is 0 Å². The van der Waals surface area contributed by atoms with Gasteiger partial charge in [-0.3, -0.25) is 5.43 Å². The molecule has 0 fully saturated rings. The summed E-state index contributed by atoms with van der Waals surface area (Å²) in [6, 6.07) is 7.14. The van der Waals surface area contributed by atoms with Crippen molar-refractivity contribution in [3.8, 4) is 0 Å². The van der Waals surface area contributed by atoms with Crippen LogP contribution in [0, 0.1) is 0 Å². The minimum absolute atomic E-state index is 0.201. The van der Waals surface area contributed by atoms with Gasteiger partial charge in [0.2, 0.25) is 0 Å². The van der Waals surface area contributed by atoms with Gasteiger partial charge in [-0.05, 0) is 36.8 Å². The number of nitrogens with zero attached hydrogens (tertiary/aromatic N) is 2. The average Bonchev–Trinajstić information content (AvgIpc) is 2.47. The lowest BCUT2D eigenvalue weighted by Gasteiger charge is -2.07. The van der Waals surface area contributed by atoms with Gasteiger partial charge in [-0.1, -0.05) is 29.3 Å². The van der Waals surface area contributed by atoms with Crippen LogP contribution in [-0.2, 0) is 6.18 Å². The zero-order chi connectivity index (χ0) is 16.3. The molecule has 2 rings (SSSR count). The highest BCUT2D eigenvalue weighted by Crippen LogP contribution is 2.28. The monoisotopic (exact) mass is 347 g/mol. The van der Waals surface area contributed by atoms with Crippen LogP contribution in [-0.4, -0.2) is 10.7 Å². The summed E-state index contributed by atoms with van der Waals surface area (Å²) in [7, 11) is 0. The highest BCUT2D eigenvalue weighted by molar-refractivity contribution is 6.42. The van der Waals surface area contributed by atoms with E-state index in [-0.39, 0.29) is 5.82 Å². The topological polar surface area (TPSA) is 37.3 Å². The second-order valence-electron chi connectivity index (χ2n) is 4.37. The van der Waals surface area contributed by atoms with E-state index >= 15 is 0 Å². The molecule has 0 saturated heterocycles. The van der Waals surface area contributed by atoms with E-state index in [0.717, 1.165) is 17.8 Å². The van der Waals surface area contributed by atoms with Crippen LogP contribution >= 0.6 is 23.2 Å². The Kier molecular flexibility index (Phi) is 4.93. The lowest BCUT2D eigenvalue weighted by Crippen LogP contribution is -2.06. The molecule has 2 aromatic rings. The molecule has 22 heavy (non-hydrogen) atoms. The van der Waals surface area contributed by atoms with E-state index < -0.39 is 11.7 Å². The maximum Gasteiger partial charge on any atom is 0.417 e. The van der Waals surface area contributed by atoms with E-state index in [1.807, 2.05) is 0 Å². The minimum Gasteiger partial charge on any atom is -0.261 e. The summed E-state index contributed by atoms with van der Waals surface area (Å²) in [5.41, 5.74) is 3.09. The number of anilines is 1. The number of aromatic nitrogens is 1. The van der Waals surface area contributed by atoms with E-state index in [0.29, 0.717) is 15.8 Å². The van der Waals surface area contributed by atoms with Crippen LogP contribution in [0.5, 0.6) is 0 Å². The largest absolute Gasteiger partial charge is 0.417 e. The Morgan fingerprint density at radius 2 is 1.86 bits per heavy atom. The van der Waals surface area contributed by atoms with Gasteiger partial charge >= 0.3 is 6.18 Å². The van der Waals surface area contributed by atoms with E-state index in [9.17, 15) is 13.2 Å². The van der Waals surface area contributed by atoms with Crippen molar-refractivity contribution in [3.63, 3.8) is 0 Å². The molecule has 0 atom stereocenters. The molecule has 0 aliphatic carbocycles. The van der Waals surface area contributed by atoms with Gasteiger partial charge in [0, 0.05) is 6.20 Å². The van der Waals surface area contributed by atoms with Gasteiger partial charge in [0.25, 0.3) is 0 Å². The molecule has 116 valence electrons. The lowest BCUT2D eigenvalue weighted by molar-refractivity contribution is -0.137. The predicted octanol–water partition coefficient (Wildman–Crippen LogP) is 5.24. The highest BCUT2D eigenvalue weighted by atomic mass is 35.5. The average molecular weight is 348 g/mol. The van der Waals surface area contributed by atoms with E-state index in [2.05, 4.69) is 15.5 Å². The van der Waals surface area contributed by atoms with E-state index in [4.69, 9.17) is 23.2 Å². The fourth-order valence-corrected chi connectivity index (χ4v) is 1.85. The molecule has 1 N–H and O–H groups in total. The van der Waals surface area contributed by atoms with Crippen LogP contribution < -0.4 is 5.43 Å². The summed E-state index contributed by atoms with van der Waals surface area (Å²) in [6.45, 7) is 1.72. The third kappa shape index (κ3) is 4.11. The summed E-state index contributed by atoms with van der Waals surface area (Å²) in [5, 5.41) is 4.87. The third-order valence-corrected chi connectivity index (χ3v) is 3.51. The Bertz CT molecular complexity index is 697. The number of halogens is 5. The first kappa shape index (κ1) is 16.6. The molecule has 0 unspecified atom stereocenters. The zero-order valence-corrected chi connectivity index (χ0v) is 12.8. The number of hydrogen-bond donors (Lipinski definition) is 1. The van der Waals surface area contributed by atoms with Crippen LogP contribution in [0.2, 0.25) is 10.0 Å². The fraction of sp³-hybridized carbons (Fsp3) is 0.143. The van der Waals surface area contributed by atoms with Crippen LogP contribution in [0.4, 0.5) is 19.0 Å². The van der Waals surface area contributed by atoms with Gasteiger partial charge in [0.1, 0.15) is 5.82 Å². The summed E-state index contributed by atoms with van der Waals surface area (Å²) < 4.78 is 37.2. The van der Waals surface area contributed by atoms with E-state index in [1.165, 1.54) is 6.07 Å². The van der Waals surface area contributed by atoms with Crippen molar-refractivity contribution in [2.75, 3.05) is 5.43 Å². The Morgan fingerprint density at radius 3 is 2.41 bits per heavy atom. The molecule has 0 aliphatic heterocycles. The molecule has 0 aliphatic rings. The molecular formula is C14H10Cl2F3N3. The molecule has 8 heteroatoms. The first-order valence-electron chi connectivity index (χ1n) is 6.06. The minimum atomic E-state index is -4.41. The van der Waals surface area contributed by atoms with Crippen molar-refractivity contribution < 1.29 is 13.2 Å². The van der Waals surface area contributed by atoms with E-state index in [1.54, 1.807) is 25.1 Å². The Labute approximate surface area is 134 Å². The zero-order valence-electron chi connectivity index (χ0n) is 11.2. The summed E-state index contributed by atoms with van der Waals surface area (Å²) in [5.74, 6) is 0.201. The van der Waals surface area contributed by atoms with Crippen LogP contribution in [0.25, 0.3) is 0 Å². The van der Waals surface area contributed by atoms with Gasteiger partial charge in [-0.15, -0.1) is 0 Å². The lowest BCUT2D eigenvalue weighted by atomic mass is 10.1. The molecule has 1 aromatic carbocycles. The molecule has 0 saturated carbocycles. The SMILES string of the molecule is C/C(=N/Nc1ccc(C(F)(F)F)cn1)c1ccc(Cl)c(Cl)c1. The van der Waals surface area contributed by atoms with Gasteiger partial charge in [0.15, 0.2) is 0 Å². The molecular weight excluding hydrogens is 338 g/mol. The van der Waals surface area contributed by atoms with Crippen molar-refractivity contribution in [2.24, 2.45) is 5.10 Å². The summed E-state index contributed by atoms with van der Waals surface area (Å²) in [4.78, 5) is 3.66. The number of pyridine rings is 1. The predicted molar refractivity (Wildman–Crippen MR) is 81.5 cm³/mol. The summed E-state index contributed by atoms with van der Waals surface area (Å²) in [6.07, 6.45) is -3.67. The van der Waals surface area contributed by atoms with Crippen molar-refractivity contribution in [3.05, 3.63) is 57.7 Å². The van der Waals surface area contributed by atoms with Gasteiger partial charge in [-0.2, -0.15) is 18.3 Å². The van der Waals surface area contributed by atoms with Crippen molar-refractivity contribution in [1.82, 2.24) is 4.98 Å². The van der Waals surface area contributed by atoms with Gasteiger partial charge < -0.3 is 0 Å². The second-order valence-corrected chi connectivity index (χ2v) is 5.18. The van der Waals surface area contributed by atoms with Crippen molar-refractivity contribution in [2.45, 2.75) is 13.1 Å². The van der Waals surface area contributed by atoms with Gasteiger partial charge in [0.05, 0.1) is 21.3 Å². The highest BCUT2D eigenvalue weighted by Gasteiger charge is 2.30. The fourth-order valence-electron chi connectivity index (χ4n) is 1.55. The van der Waals surface area contributed by atoms with Crippen molar-refractivity contribution >= 4 is 34.7 Å². The smallest absolute Gasteiger partial charge is 0.261 e. The van der Waals surface area contributed by atoms with Crippen LogP contribution in [0.15, 0.2) is 41.6 Å². The normalized spacial score (nSPS) is 12.4. The molecule has 0 radical (unpaired) electrons. The van der Waals surface area contributed by atoms with Crippen LogP contribution in [0.3, 0.4) is 0 Å². The molecule has 1 heterocycles. The number of hydrogen-bond acceptors (Lipinski definition) is 3. The third-order valence-electron chi connectivity index (χ3n) is 2.77. The Balaban J connectivity index is 2.12. The molecule has 0 bridgehead atoms. The first-order valence-corrected chi connectivity index (χ1v) is 6.82. The van der Waals surface area contributed by atoms with Gasteiger partial charge in [-0.25, -0.2) is 4.98 Å². The molecule has 3 nitrogen and oxygen atoms in total. The molecule has 1 aromatic heterocycles. The molecule has 0 spiro atoms. The number of hydrazone groups is 1. The second kappa shape index (κ2) is 6.54. The van der Waals surface area contributed by atoms with Crippen LogP contribution in [0.1, 0.15) is 18.1 Å².